The molecule has 0 saturated carbocycles. The van der Waals surface area contributed by atoms with Crippen LogP contribution in [0.1, 0.15) is 11.1 Å². The predicted octanol–water partition coefficient (Wildman–Crippen LogP) is 2.62. The van der Waals surface area contributed by atoms with Crippen LogP contribution < -0.4 is 0 Å². The summed E-state index contributed by atoms with van der Waals surface area (Å²) in [5.41, 5.74) is 2.30. The van der Waals surface area contributed by atoms with Crippen molar-refractivity contribution in [2.24, 2.45) is 4.99 Å². The number of amidine groups is 1. The molecule has 0 atom stereocenters. The van der Waals surface area contributed by atoms with E-state index in [1.807, 2.05) is 36.4 Å². The maximum absolute atomic E-state index is 4.64. The van der Waals surface area contributed by atoms with E-state index in [0.29, 0.717) is 0 Å². The number of nitrogens with zero attached hydrogens (tertiary/aromatic N) is 2. The Bertz CT molecular complexity index is 574. The maximum atomic E-state index is 4.64. The second kappa shape index (κ2) is 4.68. The molecule has 2 nitrogen and oxygen atoms in total. The summed E-state index contributed by atoms with van der Waals surface area (Å²) in [6, 6.07) is 20.4. The van der Waals surface area contributed by atoms with E-state index in [0.717, 1.165) is 15.8 Å². The minimum absolute atomic E-state index is 0.182. The van der Waals surface area contributed by atoms with Crippen LogP contribution >= 0.6 is 0 Å². The van der Waals surface area contributed by atoms with Crippen molar-refractivity contribution >= 4 is 25.8 Å². The molecule has 3 heteroatoms. The van der Waals surface area contributed by atoms with Crippen LogP contribution in [0.15, 0.2) is 65.7 Å². The first-order chi connectivity index (χ1) is 8.43. The monoisotopic (exact) mass is 281 g/mol. The Morgan fingerprint density at radius 2 is 1.35 bits per heavy atom. The molecule has 2 aromatic carbocycles. The van der Waals surface area contributed by atoms with Gasteiger partial charge in [-0.3, -0.25) is 0 Å². The average molecular weight is 281 g/mol. The van der Waals surface area contributed by atoms with Crippen LogP contribution in [0.4, 0.5) is 0 Å². The van der Waals surface area contributed by atoms with Gasteiger partial charge < -0.3 is 0 Å². The van der Waals surface area contributed by atoms with E-state index >= 15 is 0 Å². The van der Waals surface area contributed by atoms with E-state index in [1.165, 1.54) is 5.56 Å². The van der Waals surface area contributed by atoms with Crippen molar-refractivity contribution < 1.29 is 0 Å². The fourth-order valence-corrected chi connectivity index (χ4v) is 3.24. The molecule has 0 spiro atoms. The van der Waals surface area contributed by atoms with Crippen molar-refractivity contribution in [1.29, 1.82) is 0 Å². The second-order valence-corrected chi connectivity index (χ2v) is 5.42. The van der Waals surface area contributed by atoms with Gasteiger partial charge in [-0.2, -0.15) is 0 Å². The van der Waals surface area contributed by atoms with E-state index < -0.39 is 0 Å². The zero-order valence-corrected chi connectivity index (χ0v) is 11.0. The molecule has 0 bridgehead atoms. The molecule has 0 saturated heterocycles. The van der Waals surface area contributed by atoms with E-state index in [2.05, 4.69) is 33.5 Å². The molecule has 0 N–H and O–H groups in total. The summed E-state index contributed by atoms with van der Waals surface area (Å²) >= 11 is -0.182. The molecule has 0 aliphatic carbocycles. The molecular weight excluding hydrogens is 271 g/mol. The zero-order chi connectivity index (χ0) is 11.5. The van der Waals surface area contributed by atoms with Crippen LogP contribution in [-0.4, -0.2) is 25.8 Å². The standard InChI is InChI=1S/C14H10AsN2/c1-3-7-11(8-4-1)13-15-17-14(16-13)12-9-5-2-6-10-12/h1-10H/q-1. The topological polar surface area (TPSA) is 26.5 Å². The fraction of sp³-hybridized carbons (Fsp3) is 0. The van der Waals surface area contributed by atoms with Gasteiger partial charge in [0, 0.05) is 0 Å². The molecular formula is C14H10AsN2-. The van der Waals surface area contributed by atoms with Gasteiger partial charge in [-0.15, -0.1) is 0 Å². The van der Waals surface area contributed by atoms with Crippen molar-refractivity contribution in [3.8, 4) is 0 Å². The van der Waals surface area contributed by atoms with Gasteiger partial charge in [-0.1, -0.05) is 0 Å². The zero-order valence-electron chi connectivity index (χ0n) is 9.12. The molecule has 3 rings (SSSR count). The molecule has 17 heavy (non-hydrogen) atoms. The van der Waals surface area contributed by atoms with Gasteiger partial charge in [0.15, 0.2) is 0 Å². The third-order valence-corrected chi connectivity index (χ3v) is 4.27. The summed E-state index contributed by atoms with van der Waals surface area (Å²) in [5, 5.41) is 0. The molecule has 1 aliphatic rings. The van der Waals surface area contributed by atoms with Crippen LogP contribution in [0.3, 0.4) is 0 Å². The van der Waals surface area contributed by atoms with Gasteiger partial charge in [0.05, 0.1) is 0 Å². The molecule has 2 aromatic rings. The molecule has 82 valence electrons. The van der Waals surface area contributed by atoms with E-state index in [1.54, 1.807) is 0 Å². The predicted molar refractivity (Wildman–Crippen MR) is 72.6 cm³/mol. The summed E-state index contributed by atoms with van der Waals surface area (Å²) in [6.45, 7) is 0. The number of hydrogen-bond donors (Lipinski definition) is 0. The summed E-state index contributed by atoms with van der Waals surface area (Å²) < 4.78 is 5.71. The van der Waals surface area contributed by atoms with Crippen molar-refractivity contribution in [2.75, 3.05) is 0 Å². The first-order valence-electron chi connectivity index (χ1n) is 5.42. The van der Waals surface area contributed by atoms with Gasteiger partial charge in [-0.25, -0.2) is 0 Å². The number of benzene rings is 2. The second-order valence-electron chi connectivity index (χ2n) is 3.69. The molecule has 0 aromatic heterocycles. The van der Waals surface area contributed by atoms with Gasteiger partial charge >= 0.3 is 107 Å². The van der Waals surface area contributed by atoms with Crippen LogP contribution in [0, 0.1) is 0 Å². The average Bonchev–Trinajstić information content (AvgIpc) is 2.90. The third-order valence-electron chi connectivity index (χ3n) is 2.52. The van der Waals surface area contributed by atoms with Crippen molar-refractivity contribution in [1.82, 2.24) is 0 Å². The van der Waals surface area contributed by atoms with Gasteiger partial charge in [0.2, 0.25) is 0 Å². The molecule has 0 radical (unpaired) electrons. The van der Waals surface area contributed by atoms with E-state index in [4.69, 9.17) is 0 Å². The molecule has 0 fully saturated rings. The minimum atomic E-state index is -0.182. The van der Waals surface area contributed by atoms with Crippen LogP contribution in [-0.2, 0) is 0 Å². The third kappa shape index (κ3) is 2.22. The van der Waals surface area contributed by atoms with Crippen LogP contribution in [0.5, 0.6) is 0 Å². The van der Waals surface area contributed by atoms with Crippen LogP contribution in [0.25, 0.3) is 4.23 Å². The Labute approximate surface area is 107 Å². The Morgan fingerprint density at radius 1 is 0.765 bits per heavy atom. The van der Waals surface area contributed by atoms with Gasteiger partial charge in [0.1, 0.15) is 0 Å². The molecule has 1 aliphatic heterocycles. The first kappa shape index (κ1) is 10.5. The first-order valence-corrected chi connectivity index (χ1v) is 7.19. The molecule has 1 heterocycles. The van der Waals surface area contributed by atoms with Crippen LogP contribution in [0.2, 0.25) is 0 Å². The Morgan fingerprint density at radius 3 is 2.00 bits per heavy atom. The Hall–Kier alpha value is -1.66. The molecule has 0 unspecified atom stereocenters. The summed E-state index contributed by atoms with van der Waals surface area (Å²) in [4.78, 5) is 4.64. The molecule has 0 amide bonds. The number of hydrogen-bond acceptors (Lipinski definition) is 1. The number of rotatable bonds is 2. The van der Waals surface area contributed by atoms with Crippen molar-refractivity contribution in [3.05, 3.63) is 76.0 Å². The SMILES string of the molecule is c1ccc(C2=NC(c3ccccc3)=[As][N-]2)cc1. The Balaban J connectivity index is 1.91. The van der Waals surface area contributed by atoms with E-state index in [9.17, 15) is 0 Å². The van der Waals surface area contributed by atoms with E-state index in [-0.39, 0.29) is 15.5 Å². The van der Waals surface area contributed by atoms with Crippen molar-refractivity contribution in [3.63, 3.8) is 0 Å². The quantitative estimate of drug-likeness (QED) is 0.757. The van der Waals surface area contributed by atoms with Crippen molar-refractivity contribution in [2.45, 2.75) is 0 Å². The fourth-order valence-electron chi connectivity index (χ4n) is 1.66. The van der Waals surface area contributed by atoms with Gasteiger partial charge in [-0.05, 0) is 0 Å². The summed E-state index contributed by atoms with van der Waals surface area (Å²) in [5.74, 6) is 0.879. The van der Waals surface area contributed by atoms with Gasteiger partial charge in [0.25, 0.3) is 0 Å². The Kier molecular flexibility index (Phi) is 2.89. The summed E-state index contributed by atoms with van der Waals surface area (Å²) in [6.07, 6.45) is 0. The normalized spacial score (nSPS) is 14.8. The number of aliphatic imine (C=N–C) groups is 1. The summed E-state index contributed by atoms with van der Waals surface area (Å²) in [7, 11) is 0.